The maximum atomic E-state index is 9.20. The number of nitriles is 1. The molecule has 2 heterocycles. The molecule has 152 valence electrons. The Bertz CT molecular complexity index is 1120. The number of halogens is 1. The molecule has 1 saturated carbocycles. The molecule has 1 aliphatic heterocycles. The molecule has 2 aliphatic rings. The molecule has 5 nitrogen and oxygen atoms in total. The molecule has 0 amide bonds. The molecule has 0 spiro atoms. The predicted octanol–water partition coefficient (Wildman–Crippen LogP) is 5.18. The molecule has 2 aromatic carbocycles. The van der Waals surface area contributed by atoms with Gasteiger partial charge in [-0.15, -0.1) is 10.2 Å². The Morgan fingerprint density at radius 1 is 1.00 bits per heavy atom. The van der Waals surface area contributed by atoms with Crippen molar-refractivity contribution in [2.75, 3.05) is 7.05 Å². The number of nitrogens with zero attached hydrogens (tertiary/aromatic N) is 5. The molecule has 0 saturated heterocycles. The van der Waals surface area contributed by atoms with Crippen molar-refractivity contribution in [3.8, 4) is 11.8 Å². The molecule has 3 aromatic rings. The van der Waals surface area contributed by atoms with Gasteiger partial charge in [0.2, 0.25) is 0 Å². The Kier molecular flexibility index (Phi) is 5.06. The number of rotatable bonds is 2. The fourth-order valence-electron chi connectivity index (χ4n) is 4.99. The van der Waals surface area contributed by atoms with Gasteiger partial charge in [0.05, 0.1) is 23.9 Å². The van der Waals surface area contributed by atoms with Crippen LogP contribution in [-0.4, -0.2) is 26.7 Å². The second-order valence-electron chi connectivity index (χ2n) is 8.54. The minimum atomic E-state index is 0.397. The van der Waals surface area contributed by atoms with Gasteiger partial charge in [0, 0.05) is 17.5 Å². The highest BCUT2D eigenvalue weighted by atomic mass is 35.5. The molecule has 1 aromatic heterocycles. The zero-order valence-electron chi connectivity index (χ0n) is 17.1. The third-order valence-corrected chi connectivity index (χ3v) is 6.70. The summed E-state index contributed by atoms with van der Waals surface area (Å²) in [6.07, 6.45) is 4.38. The molecular weight excluding hydrogens is 394 g/mol. The summed E-state index contributed by atoms with van der Waals surface area (Å²) in [5.74, 6) is 2.98. The molecule has 1 aliphatic carbocycles. The lowest BCUT2D eigenvalue weighted by molar-refractivity contribution is 0.315. The summed E-state index contributed by atoms with van der Waals surface area (Å²) < 4.78 is 2.27. The van der Waals surface area contributed by atoms with Gasteiger partial charge in [0.1, 0.15) is 5.82 Å². The maximum Gasteiger partial charge on any atom is 0.151 e. The zero-order chi connectivity index (χ0) is 20.7. The first kappa shape index (κ1) is 19.3. The summed E-state index contributed by atoms with van der Waals surface area (Å²) >= 11 is 6.28. The van der Waals surface area contributed by atoms with Gasteiger partial charge in [-0.1, -0.05) is 23.7 Å². The third kappa shape index (κ3) is 3.51. The van der Waals surface area contributed by atoms with E-state index >= 15 is 0 Å². The molecule has 0 N–H and O–H groups in total. The van der Waals surface area contributed by atoms with Gasteiger partial charge in [0.15, 0.2) is 5.82 Å². The SMILES string of the molecule is CN1Cc2cc(Cl)ccc2-n2c(nnc2[C@H]2CC[C@H](c3cccc(C#N)c3)CC2)C1. The van der Waals surface area contributed by atoms with Crippen LogP contribution in [0.25, 0.3) is 5.69 Å². The van der Waals surface area contributed by atoms with E-state index in [1.165, 1.54) is 11.1 Å². The Labute approximate surface area is 181 Å². The van der Waals surface area contributed by atoms with Gasteiger partial charge >= 0.3 is 0 Å². The van der Waals surface area contributed by atoms with E-state index in [0.29, 0.717) is 11.8 Å². The van der Waals surface area contributed by atoms with Crippen molar-refractivity contribution < 1.29 is 0 Å². The maximum absolute atomic E-state index is 9.20. The van der Waals surface area contributed by atoms with E-state index in [-0.39, 0.29) is 0 Å². The normalized spacial score (nSPS) is 21.4. The van der Waals surface area contributed by atoms with Crippen LogP contribution < -0.4 is 0 Å². The quantitative estimate of drug-likeness (QED) is 0.576. The van der Waals surface area contributed by atoms with E-state index in [4.69, 9.17) is 11.6 Å². The summed E-state index contributed by atoms with van der Waals surface area (Å²) in [5.41, 5.74) is 4.40. The van der Waals surface area contributed by atoms with Crippen molar-refractivity contribution in [3.05, 3.63) is 75.8 Å². The first-order valence-corrected chi connectivity index (χ1v) is 10.9. The number of aromatic nitrogens is 3. The van der Waals surface area contributed by atoms with Crippen LogP contribution in [0.2, 0.25) is 5.02 Å². The van der Waals surface area contributed by atoms with Gasteiger partial charge in [-0.2, -0.15) is 5.26 Å². The molecule has 0 radical (unpaired) electrons. The van der Waals surface area contributed by atoms with Gasteiger partial charge in [-0.25, -0.2) is 0 Å². The molecule has 6 heteroatoms. The Hall–Kier alpha value is -2.68. The lowest BCUT2D eigenvalue weighted by atomic mass is 9.78. The predicted molar refractivity (Wildman–Crippen MR) is 117 cm³/mol. The largest absolute Gasteiger partial charge is 0.295 e. The first-order chi connectivity index (χ1) is 14.6. The van der Waals surface area contributed by atoms with Crippen molar-refractivity contribution in [1.29, 1.82) is 5.26 Å². The van der Waals surface area contributed by atoms with Crippen LogP contribution in [-0.2, 0) is 13.1 Å². The number of benzene rings is 2. The van der Waals surface area contributed by atoms with Crippen molar-refractivity contribution in [2.24, 2.45) is 0 Å². The second kappa shape index (κ2) is 7.86. The Balaban J connectivity index is 1.43. The topological polar surface area (TPSA) is 57.7 Å². The highest BCUT2D eigenvalue weighted by Gasteiger charge is 2.30. The summed E-state index contributed by atoms with van der Waals surface area (Å²) in [4.78, 5) is 2.26. The molecular formula is C24H24ClN5. The van der Waals surface area contributed by atoms with E-state index in [9.17, 15) is 5.26 Å². The van der Waals surface area contributed by atoms with Crippen LogP contribution in [0.1, 0.15) is 65.9 Å². The summed E-state index contributed by atoms with van der Waals surface area (Å²) in [6, 6.07) is 16.5. The molecule has 0 atom stereocenters. The average Bonchev–Trinajstić information content (AvgIpc) is 3.11. The van der Waals surface area contributed by atoms with Crippen LogP contribution in [0, 0.1) is 11.3 Å². The van der Waals surface area contributed by atoms with Gasteiger partial charge in [-0.05, 0) is 80.1 Å². The fraction of sp³-hybridized carbons (Fsp3) is 0.375. The molecule has 0 bridgehead atoms. The second-order valence-corrected chi connectivity index (χ2v) is 8.98. The van der Waals surface area contributed by atoms with E-state index in [0.717, 1.165) is 66.7 Å². The minimum absolute atomic E-state index is 0.397. The van der Waals surface area contributed by atoms with Crippen LogP contribution in [0.5, 0.6) is 0 Å². The van der Waals surface area contributed by atoms with Gasteiger partial charge < -0.3 is 0 Å². The lowest BCUT2D eigenvalue weighted by Crippen LogP contribution is -2.17. The summed E-state index contributed by atoms with van der Waals surface area (Å²) in [5, 5.41) is 19.2. The van der Waals surface area contributed by atoms with Gasteiger partial charge in [-0.3, -0.25) is 9.47 Å². The van der Waals surface area contributed by atoms with Gasteiger partial charge in [0.25, 0.3) is 0 Å². The monoisotopic (exact) mass is 417 g/mol. The fourth-order valence-corrected chi connectivity index (χ4v) is 5.19. The molecule has 5 rings (SSSR count). The average molecular weight is 418 g/mol. The highest BCUT2D eigenvalue weighted by Crippen LogP contribution is 2.41. The zero-order valence-corrected chi connectivity index (χ0v) is 17.8. The van der Waals surface area contributed by atoms with Crippen molar-refractivity contribution in [3.63, 3.8) is 0 Å². The number of fused-ring (bicyclic) bond motifs is 3. The van der Waals surface area contributed by atoms with Crippen LogP contribution >= 0.6 is 11.6 Å². The number of hydrogen-bond donors (Lipinski definition) is 0. The molecule has 0 unspecified atom stereocenters. The van der Waals surface area contributed by atoms with E-state index in [1.54, 1.807) is 0 Å². The number of hydrogen-bond acceptors (Lipinski definition) is 4. The van der Waals surface area contributed by atoms with E-state index in [2.05, 4.69) is 51.0 Å². The lowest BCUT2D eigenvalue weighted by Gasteiger charge is -2.29. The van der Waals surface area contributed by atoms with Crippen molar-refractivity contribution in [2.45, 2.75) is 50.6 Å². The van der Waals surface area contributed by atoms with E-state index < -0.39 is 0 Å². The smallest absolute Gasteiger partial charge is 0.151 e. The van der Waals surface area contributed by atoms with Crippen LogP contribution in [0.3, 0.4) is 0 Å². The first-order valence-electron chi connectivity index (χ1n) is 10.5. The summed E-state index contributed by atoms with van der Waals surface area (Å²) in [7, 11) is 2.11. The van der Waals surface area contributed by atoms with Crippen molar-refractivity contribution in [1.82, 2.24) is 19.7 Å². The van der Waals surface area contributed by atoms with Crippen molar-refractivity contribution >= 4 is 11.6 Å². The summed E-state index contributed by atoms with van der Waals surface area (Å²) in [6.45, 7) is 1.62. The Morgan fingerprint density at radius 2 is 1.80 bits per heavy atom. The highest BCUT2D eigenvalue weighted by molar-refractivity contribution is 6.30. The Morgan fingerprint density at radius 3 is 2.60 bits per heavy atom. The van der Waals surface area contributed by atoms with Crippen LogP contribution in [0.15, 0.2) is 42.5 Å². The molecule has 30 heavy (non-hydrogen) atoms. The standard InChI is InChI=1S/C24H24ClN5/c1-29-14-20-12-21(25)9-10-22(20)30-23(15-29)27-28-24(30)18-7-5-17(6-8-18)19-4-2-3-16(11-19)13-26/h2-4,9-12,17-18H,5-8,14-15H2,1H3/t17-,18-. The van der Waals surface area contributed by atoms with E-state index in [1.807, 2.05) is 24.3 Å². The third-order valence-electron chi connectivity index (χ3n) is 6.47. The minimum Gasteiger partial charge on any atom is -0.295 e. The molecule has 1 fully saturated rings. The van der Waals surface area contributed by atoms with Crippen LogP contribution in [0.4, 0.5) is 0 Å².